The molecule has 1 heterocycles. The molecule has 18 heavy (non-hydrogen) atoms. The molecule has 0 saturated heterocycles. The van der Waals surface area contributed by atoms with E-state index >= 15 is 0 Å². The van der Waals surface area contributed by atoms with Crippen LogP contribution in [0.2, 0.25) is 0 Å². The van der Waals surface area contributed by atoms with E-state index in [0.717, 1.165) is 25.8 Å². The van der Waals surface area contributed by atoms with Gasteiger partial charge in [0.05, 0.1) is 0 Å². The minimum atomic E-state index is 0.279. The lowest BCUT2D eigenvalue weighted by molar-refractivity contribution is -0.133. The largest absolute Gasteiger partial charge is 0.335 e. The first-order valence-corrected chi connectivity index (χ1v) is 7.69. The molecule has 0 aliphatic heterocycles. The number of rotatable bonds is 7. The summed E-state index contributed by atoms with van der Waals surface area (Å²) >= 11 is 1.69. The third-order valence-electron chi connectivity index (χ3n) is 3.61. The van der Waals surface area contributed by atoms with Gasteiger partial charge in [0.15, 0.2) is 0 Å². The highest BCUT2D eigenvalue weighted by molar-refractivity contribution is 7.07. The standard InChI is InChI=1S/C14H22N2OS/c1-2-11(8-15)7-14(17)16(13-3-4-13)9-12-5-6-18-10-12/h5-6,10-11,13H,2-4,7-9,15H2,1H3. The van der Waals surface area contributed by atoms with Gasteiger partial charge in [-0.05, 0) is 47.7 Å². The maximum atomic E-state index is 12.4. The van der Waals surface area contributed by atoms with E-state index < -0.39 is 0 Å². The Bertz CT molecular complexity index is 369. The molecule has 1 aromatic rings. The quantitative estimate of drug-likeness (QED) is 0.824. The molecule has 3 nitrogen and oxygen atoms in total. The lowest BCUT2D eigenvalue weighted by atomic mass is 10.0. The third-order valence-corrected chi connectivity index (χ3v) is 4.35. The average Bonchev–Trinajstić information content (AvgIpc) is 3.09. The fourth-order valence-corrected chi connectivity index (χ4v) is 2.80. The van der Waals surface area contributed by atoms with Gasteiger partial charge in [-0.2, -0.15) is 11.3 Å². The normalized spacial score (nSPS) is 16.6. The van der Waals surface area contributed by atoms with Crippen LogP contribution in [-0.4, -0.2) is 23.4 Å². The third kappa shape index (κ3) is 3.56. The first-order chi connectivity index (χ1) is 8.74. The number of amides is 1. The smallest absolute Gasteiger partial charge is 0.223 e. The Morgan fingerprint density at radius 2 is 2.39 bits per heavy atom. The molecule has 2 N–H and O–H groups in total. The van der Waals surface area contributed by atoms with Crippen LogP contribution in [0.4, 0.5) is 0 Å². The van der Waals surface area contributed by atoms with Crippen molar-refractivity contribution in [2.45, 2.75) is 45.2 Å². The van der Waals surface area contributed by atoms with Crippen molar-refractivity contribution in [3.8, 4) is 0 Å². The number of hydrogen-bond donors (Lipinski definition) is 1. The molecule has 4 heteroatoms. The summed E-state index contributed by atoms with van der Waals surface area (Å²) in [5, 5.41) is 4.20. The lowest BCUT2D eigenvalue weighted by Crippen LogP contribution is -2.34. The molecule has 1 saturated carbocycles. The number of thiophene rings is 1. The molecule has 1 unspecified atom stereocenters. The molecule has 1 aliphatic rings. The number of carbonyl (C=O) groups is 1. The number of nitrogens with two attached hydrogens (primary N) is 1. The van der Waals surface area contributed by atoms with Crippen LogP contribution in [0.5, 0.6) is 0 Å². The van der Waals surface area contributed by atoms with Gasteiger partial charge in [-0.3, -0.25) is 4.79 Å². The second kappa shape index (κ2) is 6.34. The Morgan fingerprint density at radius 1 is 1.61 bits per heavy atom. The van der Waals surface area contributed by atoms with Gasteiger partial charge in [-0.15, -0.1) is 0 Å². The molecule has 1 aliphatic carbocycles. The van der Waals surface area contributed by atoms with Crippen LogP contribution in [-0.2, 0) is 11.3 Å². The summed E-state index contributed by atoms with van der Waals surface area (Å²) in [6.07, 6.45) is 3.91. The van der Waals surface area contributed by atoms with E-state index in [9.17, 15) is 4.79 Å². The molecule has 1 aromatic heterocycles. The van der Waals surface area contributed by atoms with Crippen molar-refractivity contribution in [2.24, 2.45) is 11.7 Å². The molecule has 1 amide bonds. The Morgan fingerprint density at radius 3 is 2.89 bits per heavy atom. The van der Waals surface area contributed by atoms with Gasteiger partial charge < -0.3 is 10.6 Å². The van der Waals surface area contributed by atoms with Crippen LogP contribution in [0.15, 0.2) is 16.8 Å². The van der Waals surface area contributed by atoms with Gasteiger partial charge in [0.1, 0.15) is 0 Å². The monoisotopic (exact) mass is 266 g/mol. The van der Waals surface area contributed by atoms with Crippen molar-refractivity contribution in [2.75, 3.05) is 6.54 Å². The van der Waals surface area contributed by atoms with E-state index in [0.29, 0.717) is 24.9 Å². The van der Waals surface area contributed by atoms with Crippen molar-refractivity contribution >= 4 is 17.2 Å². The molecule has 1 atom stereocenters. The Balaban J connectivity index is 1.94. The molecule has 0 radical (unpaired) electrons. The number of nitrogens with zero attached hydrogens (tertiary/aromatic N) is 1. The fraction of sp³-hybridized carbons (Fsp3) is 0.643. The van der Waals surface area contributed by atoms with Gasteiger partial charge in [0, 0.05) is 19.0 Å². The van der Waals surface area contributed by atoms with E-state index in [-0.39, 0.29) is 5.91 Å². The molecule has 2 rings (SSSR count). The van der Waals surface area contributed by atoms with Crippen LogP contribution in [0.25, 0.3) is 0 Å². The van der Waals surface area contributed by atoms with E-state index in [4.69, 9.17) is 5.73 Å². The summed E-state index contributed by atoms with van der Waals surface area (Å²) in [5.41, 5.74) is 6.94. The summed E-state index contributed by atoms with van der Waals surface area (Å²) in [7, 11) is 0. The van der Waals surface area contributed by atoms with Gasteiger partial charge in [-0.25, -0.2) is 0 Å². The Kier molecular flexibility index (Phi) is 4.78. The molecule has 0 aromatic carbocycles. The van der Waals surface area contributed by atoms with Gasteiger partial charge in [-0.1, -0.05) is 13.3 Å². The zero-order chi connectivity index (χ0) is 13.0. The summed E-state index contributed by atoms with van der Waals surface area (Å²) in [6, 6.07) is 2.58. The zero-order valence-corrected chi connectivity index (χ0v) is 11.8. The summed E-state index contributed by atoms with van der Waals surface area (Å²) in [5.74, 6) is 0.613. The van der Waals surface area contributed by atoms with Crippen molar-refractivity contribution in [3.05, 3.63) is 22.4 Å². The van der Waals surface area contributed by atoms with Crippen LogP contribution in [0.3, 0.4) is 0 Å². The maximum Gasteiger partial charge on any atom is 0.223 e. The van der Waals surface area contributed by atoms with Crippen LogP contribution in [0.1, 0.15) is 38.2 Å². The van der Waals surface area contributed by atoms with E-state index in [1.165, 1.54) is 5.56 Å². The molecule has 100 valence electrons. The predicted molar refractivity (Wildman–Crippen MR) is 75.3 cm³/mol. The SMILES string of the molecule is CCC(CN)CC(=O)N(Cc1ccsc1)C1CC1. The Hall–Kier alpha value is -0.870. The number of hydrogen-bond acceptors (Lipinski definition) is 3. The minimum absolute atomic E-state index is 0.279. The maximum absolute atomic E-state index is 12.4. The first kappa shape index (κ1) is 13.6. The highest BCUT2D eigenvalue weighted by Crippen LogP contribution is 2.30. The predicted octanol–water partition coefficient (Wildman–Crippen LogP) is 2.61. The van der Waals surface area contributed by atoms with Crippen molar-refractivity contribution in [1.82, 2.24) is 4.90 Å². The van der Waals surface area contributed by atoms with Crippen LogP contribution < -0.4 is 5.73 Å². The number of carbonyl (C=O) groups excluding carboxylic acids is 1. The summed E-state index contributed by atoms with van der Waals surface area (Å²) in [4.78, 5) is 14.4. The highest BCUT2D eigenvalue weighted by atomic mass is 32.1. The fourth-order valence-electron chi connectivity index (χ4n) is 2.14. The molecule has 1 fully saturated rings. The van der Waals surface area contributed by atoms with Crippen LogP contribution >= 0.6 is 11.3 Å². The molecule has 0 bridgehead atoms. The molecular weight excluding hydrogens is 244 g/mol. The lowest BCUT2D eigenvalue weighted by Gasteiger charge is -2.24. The van der Waals surface area contributed by atoms with E-state index in [1.807, 2.05) is 0 Å². The van der Waals surface area contributed by atoms with Crippen molar-refractivity contribution in [3.63, 3.8) is 0 Å². The first-order valence-electron chi connectivity index (χ1n) is 6.75. The molecule has 0 spiro atoms. The van der Waals surface area contributed by atoms with E-state index in [1.54, 1.807) is 11.3 Å². The van der Waals surface area contributed by atoms with Gasteiger partial charge in [0.25, 0.3) is 0 Å². The topological polar surface area (TPSA) is 46.3 Å². The summed E-state index contributed by atoms with van der Waals surface area (Å²) in [6.45, 7) is 3.48. The van der Waals surface area contributed by atoms with Gasteiger partial charge >= 0.3 is 0 Å². The van der Waals surface area contributed by atoms with Crippen molar-refractivity contribution in [1.29, 1.82) is 0 Å². The second-order valence-corrected chi connectivity index (χ2v) is 5.88. The van der Waals surface area contributed by atoms with Crippen LogP contribution in [0, 0.1) is 5.92 Å². The molecular formula is C14H22N2OS. The second-order valence-electron chi connectivity index (χ2n) is 5.10. The Labute approximate surface area is 113 Å². The zero-order valence-electron chi connectivity index (χ0n) is 11.0. The minimum Gasteiger partial charge on any atom is -0.335 e. The average molecular weight is 266 g/mol. The van der Waals surface area contributed by atoms with E-state index in [2.05, 4.69) is 28.7 Å². The summed E-state index contributed by atoms with van der Waals surface area (Å²) < 4.78 is 0. The van der Waals surface area contributed by atoms with Crippen molar-refractivity contribution < 1.29 is 4.79 Å². The highest BCUT2D eigenvalue weighted by Gasteiger charge is 2.32. The van der Waals surface area contributed by atoms with Gasteiger partial charge in [0.2, 0.25) is 5.91 Å².